The van der Waals surface area contributed by atoms with Gasteiger partial charge in [-0.3, -0.25) is 9.59 Å². The number of nitrogens with zero attached hydrogens (tertiary/aromatic N) is 2. The summed E-state index contributed by atoms with van der Waals surface area (Å²) in [6.45, 7) is 3.14. The van der Waals surface area contributed by atoms with Crippen LogP contribution in [0, 0.1) is 0 Å². The molecule has 1 N–H and O–H groups in total. The SMILES string of the molecule is CNCCN(C)C(=O)c1ccccc1SCC(=O)N1CCCC1. The molecule has 0 saturated carbocycles. The Morgan fingerprint density at radius 3 is 2.65 bits per heavy atom. The maximum atomic E-state index is 12.6. The summed E-state index contributed by atoms with van der Waals surface area (Å²) in [5.74, 6) is 0.556. The van der Waals surface area contributed by atoms with Gasteiger partial charge in [0.1, 0.15) is 0 Å². The fraction of sp³-hybridized carbons (Fsp3) is 0.529. The van der Waals surface area contributed by atoms with E-state index in [-0.39, 0.29) is 11.8 Å². The van der Waals surface area contributed by atoms with Gasteiger partial charge in [0.15, 0.2) is 0 Å². The first kappa shape index (κ1) is 17.8. The van der Waals surface area contributed by atoms with Gasteiger partial charge < -0.3 is 15.1 Å². The summed E-state index contributed by atoms with van der Waals surface area (Å²) in [7, 11) is 3.67. The molecule has 1 aromatic rings. The van der Waals surface area contributed by atoms with E-state index in [0.717, 1.165) is 37.4 Å². The quantitative estimate of drug-likeness (QED) is 0.771. The number of likely N-dealkylation sites (N-methyl/N-ethyl adjacent to an activating group) is 2. The molecule has 23 heavy (non-hydrogen) atoms. The minimum atomic E-state index is -0.00280. The van der Waals surface area contributed by atoms with E-state index in [9.17, 15) is 9.59 Å². The molecule has 1 saturated heterocycles. The van der Waals surface area contributed by atoms with Gasteiger partial charge in [-0.2, -0.15) is 0 Å². The van der Waals surface area contributed by atoms with Crippen LogP contribution >= 0.6 is 11.8 Å². The van der Waals surface area contributed by atoms with Crippen molar-refractivity contribution >= 4 is 23.6 Å². The second-order valence-corrected chi connectivity index (χ2v) is 6.72. The molecule has 2 amide bonds. The summed E-state index contributed by atoms with van der Waals surface area (Å²) in [4.78, 5) is 29.2. The smallest absolute Gasteiger partial charge is 0.254 e. The molecule has 0 aliphatic carbocycles. The number of hydrogen-bond acceptors (Lipinski definition) is 4. The highest BCUT2D eigenvalue weighted by Crippen LogP contribution is 2.24. The van der Waals surface area contributed by atoms with Gasteiger partial charge >= 0.3 is 0 Å². The number of hydrogen-bond donors (Lipinski definition) is 1. The third-order valence-electron chi connectivity index (χ3n) is 3.97. The van der Waals surface area contributed by atoms with Crippen LogP contribution in [-0.4, -0.2) is 67.6 Å². The van der Waals surface area contributed by atoms with Crippen molar-refractivity contribution in [1.82, 2.24) is 15.1 Å². The molecule has 5 nitrogen and oxygen atoms in total. The molecule has 0 radical (unpaired) electrons. The minimum absolute atomic E-state index is 0.00280. The van der Waals surface area contributed by atoms with Crippen molar-refractivity contribution in [3.8, 4) is 0 Å². The number of rotatable bonds is 7. The van der Waals surface area contributed by atoms with Crippen LogP contribution in [0.5, 0.6) is 0 Å². The molecule has 0 aromatic heterocycles. The molecule has 1 aromatic carbocycles. The van der Waals surface area contributed by atoms with Gasteiger partial charge in [-0.15, -0.1) is 11.8 Å². The lowest BCUT2D eigenvalue weighted by molar-refractivity contribution is -0.127. The van der Waals surface area contributed by atoms with Crippen LogP contribution in [0.2, 0.25) is 0 Å². The maximum absolute atomic E-state index is 12.6. The van der Waals surface area contributed by atoms with Crippen molar-refractivity contribution in [2.24, 2.45) is 0 Å². The van der Waals surface area contributed by atoms with E-state index in [4.69, 9.17) is 0 Å². The summed E-state index contributed by atoms with van der Waals surface area (Å²) in [5, 5.41) is 3.04. The Hall–Kier alpha value is -1.53. The highest BCUT2D eigenvalue weighted by molar-refractivity contribution is 8.00. The normalized spacial score (nSPS) is 14.1. The van der Waals surface area contributed by atoms with E-state index in [2.05, 4.69) is 5.32 Å². The molecule has 1 fully saturated rings. The second-order valence-electron chi connectivity index (χ2n) is 5.70. The third-order valence-corrected chi connectivity index (χ3v) is 5.03. The van der Waals surface area contributed by atoms with Crippen molar-refractivity contribution in [3.63, 3.8) is 0 Å². The van der Waals surface area contributed by atoms with Gasteiger partial charge in [0.2, 0.25) is 5.91 Å². The van der Waals surface area contributed by atoms with Crippen LogP contribution in [0.3, 0.4) is 0 Å². The van der Waals surface area contributed by atoms with Gasteiger partial charge in [0, 0.05) is 38.1 Å². The summed E-state index contributed by atoms with van der Waals surface area (Å²) in [6.07, 6.45) is 2.20. The lowest BCUT2D eigenvalue weighted by atomic mass is 10.2. The predicted molar refractivity (Wildman–Crippen MR) is 93.9 cm³/mol. The first-order valence-electron chi connectivity index (χ1n) is 8.03. The lowest BCUT2D eigenvalue weighted by Gasteiger charge is -2.19. The molecule has 0 atom stereocenters. The monoisotopic (exact) mass is 335 g/mol. The van der Waals surface area contributed by atoms with E-state index < -0.39 is 0 Å². The molecule has 6 heteroatoms. The van der Waals surface area contributed by atoms with E-state index >= 15 is 0 Å². The van der Waals surface area contributed by atoms with E-state index in [1.54, 1.807) is 11.9 Å². The molecule has 1 aliphatic heterocycles. The number of amides is 2. The van der Waals surface area contributed by atoms with Crippen molar-refractivity contribution in [2.45, 2.75) is 17.7 Å². The summed E-state index contributed by atoms with van der Waals surface area (Å²) >= 11 is 1.46. The van der Waals surface area contributed by atoms with Gasteiger partial charge in [-0.1, -0.05) is 12.1 Å². The van der Waals surface area contributed by atoms with Gasteiger partial charge in [-0.25, -0.2) is 0 Å². The fourth-order valence-corrected chi connectivity index (χ4v) is 3.50. The summed E-state index contributed by atoms with van der Waals surface area (Å²) < 4.78 is 0. The Kier molecular flexibility index (Phi) is 6.92. The van der Waals surface area contributed by atoms with Gasteiger partial charge in [-0.05, 0) is 32.0 Å². The summed E-state index contributed by atoms with van der Waals surface area (Å²) in [5.41, 5.74) is 0.672. The summed E-state index contributed by atoms with van der Waals surface area (Å²) in [6, 6.07) is 7.53. The zero-order chi connectivity index (χ0) is 16.7. The van der Waals surface area contributed by atoms with Gasteiger partial charge in [0.25, 0.3) is 5.91 Å². The molecule has 1 heterocycles. The number of carbonyl (C=O) groups is 2. The number of likely N-dealkylation sites (tertiary alicyclic amines) is 1. The molecular weight excluding hydrogens is 310 g/mol. The average Bonchev–Trinajstić information content (AvgIpc) is 3.11. The first-order valence-corrected chi connectivity index (χ1v) is 9.01. The number of benzene rings is 1. The molecule has 0 spiro atoms. The molecule has 126 valence electrons. The Balaban J connectivity index is 1.99. The lowest BCUT2D eigenvalue weighted by Crippen LogP contribution is -2.33. The average molecular weight is 335 g/mol. The zero-order valence-corrected chi connectivity index (χ0v) is 14.7. The standard InChI is InChI=1S/C17H25N3O2S/c1-18-9-12-19(2)17(22)14-7-3-4-8-15(14)23-13-16(21)20-10-5-6-11-20/h3-4,7-8,18H,5-6,9-13H2,1-2H3. The number of carbonyl (C=O) groups excluding carboxylic acids is 2. The van der Waals surface area contributed by atoms with Crippen molar-refractivity contribution < 1.29 is 9.59 Å². The number of thioether (sulfide) groups is 1. The van der Waals surface area contributed by atoms with Crippen molar-refractivity contribution in [2.75, 3.05) is 46.0 Å². The van der Waals surface area contributed by atoms with E-state index in [1.807, 2.05) is 36.2 Å². The molecular formula is C17H25N3O2S. The Bertz CT molecular complexity index is 544. The topological polar surface area (TPSA) is 52.7 Å². The molecule has 1 aliphatic rings. The van der Waals surface area contributed by atoms with E-state index in [1.165, 1.54) is 11.8 Å². The molecule has 0 unspecified atom stereocenters. The Morgan fingerprint density at radius 1 is 1.26 bits per heavy atom. The Labute approximate surface area is 142 Å². The first-order chi connectivity index (χ1) is 11.1. The fourth-order valence-electron chi connectivity index (χ4n) is 2.55. The predicted octanol–water partition coefficient (Wildman–Crippen LogP) is 1.69. The van der Waals surface area contributed by atoms with Crippen molar-refractivity contribution in [3.05, 3.63) is 29.8 Å². The van der Waals surface area contributed by atoms with Crippen LogP contribution in [0.15, 0.2) is 29.2 Å². The maximum Gasteiger partial charge on any atom is 0.254 e. The van der Waals surface area contributed by atoms with Crippen LogP contribution < -0.4 is 5.32 Å². The highest BCUT2D eigenvalue weighted by Gasteiger charge is 2.20. The van der Waals surface area contributed by atoms with Crippen LogP contribution in [0.4, 0.5) is 0 Å². The molecule has 0 bridgehead atoms. The third kappa shape index (κ3) is 4.97. The Morgan fingerprint density at radius 2 is 1.96 bits per heavy atom. The van der Waals surface area contributed by atoms with E-state index in [0.29, 0.717) is 17.9 Å². The number of nitrogens with one attached hydrogen (secondary N) is 1. The van der Waals surface area contributed by atoms with Gasteiger partial charge in [0.05, 0.1) is 11.3 Å². The molecule has 2 rings (SSSR count). The minimum Gasteiger partial charge on any atom is -0.342 e. The zero-order valence-electron chi connectivity index (χ0n) is 13.9. The van der Waals surface area contributed by atoms with Crippen LogP contribution in [0.25, 0.3) is 0 Å². The largest absolute Gasteiger partial charge is 0.342 e. The highest BCUT2D eigenvalue weighted by atomic mass is 32.2. The van der Waals surface area contributed by atoms with Crippen LogP contribution in [-0.2, 0) is 4.79 Å². The van der Waals surface area contributed by atoms with Crippen molar-refractivity contribution in [1.29, 1.82) is 0 Å². The van der Waals surface area contributed by atoms with Crippen LogP contribution in [0.1, 0.15) is 23.2 Å². The second kappa shape index (κ2) is 8.93.